The minimum Gasteiger partial charge on any atom is -0.495 e. The van der Waals surface area contributed by atoms with Crippen LogP contribution in [0.25, 0.3) is 0 Å². The summed E-state index contributed by atoms with van der Waals surface area (Å²) in [4.78, 5) is 26.8. The minimum atomic E-state index is -4.05. The van der Waals surface area contributed by atoms with Crippen LogP contribution in [0.15, 0.2) is 58.9 Å². The van der Waals surface area contributed by atoms with Crippen molar-refractivity contribution in [3.63, 3.8) is 0 Å². The number of carbonyl (C=O) groups excluding carboxylic acids is 1. The Morgan fingerprint density at radius 1 is 1.17 bits per heavy atom. The van der Waals surface area contributed by atoms with Crippen molar-refractivity contribution in [3.05, 3.63) is 64.2 Å². The lowest BCUT2D eigenvalue weighted by molar-refractivity contribution is -0.384. The van der Waals surface area contributed by atoms with E-state index in [4.69, 9.17) is 4.74 Å². The average molecular weight is 542 g/mol. The third-order valence-corrected chi connectivity index (χ3v) is 7.73. The predicted molar refractivity (Wildman–Crippen MR) is 130 cm³/mol. The standard InChI is InChI=1S/C19H19N5O8S3/c1-32-17-8-5-14(24(26)27)11-16(17)23(34(2,28)29)12-18(25)21-13-3-6-15(7-4-13)35(30,31)22-19-20-9-10-33-19/h3-11H,12H2,1-2H3,(H,20,22)(H,21,25). The van der Waals surface area contributed by atoms with Crippen molar-refractivity contribution in [2.75, 3.05) is 34.3 Å². The van der Waals surface area contributed by atoms with Gasteiger partial charge in [-0.2, -0.15) is 0 Å². The SMILES string of the molecule is COc1ccc([N+](=O)[O-])cc1N(CC(=O)Nc1ccc(S(=O)(=O)Nc2nccs2)cc1)S(C)(=O)=O. The zero-order chi connectivity index (χ0) is 25.8. The van der Waals surface area contributed by atoms with Gasteiger partial charge in [-0.3, -0.25) is 23.9 Å². The Kier molecular flexibility index (Phi) is 7.57. The van der Waals surface area contributed by atoms with Crippen LogP contribution in [0.4, 0.5) is 22.2 Å². The number of hydrogen-bond acceptors (Lipinski definition) is 10. The van der Waals surface area contributed by atoms with E-state index in [1.165, 1.54) is 43.6 Å². The fraction of sp³-hybridized carbons (Fsp3) is 0.158. The Morgan fingerprint density at radius 2 is 1.86 bits per heavy atom. The lowest BCUT2D eigenvalue weighted by Gasteiger charge is -2.23. The van der Waals surface area contributed by atoms with E-state index in [2.05, 4.69) is 15.0 Å². The van der Waals surface area contributed by atoms with Gasteiger partial charge in [0.05, 0.1) is 23.2 Å². The Morgan fingerprint density at radius 3 is 2.40 bits per heavy atom. The van der Waals surface area contributed by atoms with Crippen LogP contribution in [-0.4, -0.2) is 52.6 Å². The summed E-state index contributed by atoms with van der Waals surface area (Å²) < 4.78 is 57.7. The summed E-state index contributed by atoms with van der Waals surface area (Å²) in [5.41, 5.74) is -0.380. The number of aromatic nitrogens is 1. The van der Waals surface area contributed by atoms with E-state index in [1.807, 2.05) is 0 Å². The van der Waals surface area contributed by atoms with Gasteiger partial charge in [0.1, 0.15) is 18.0 Å². The number of anilines is 3. The Hall–Kier alpha value is -3.76. The third-order valence-electron chi connectivity index (χ3n) is 4.43. The lowest BCUT2D eigenvalue weighted by Crippen LogP contribution is -2.37. The molecule has 1 heterocycles. The first-order chi connectivity index (χ1) is 16.4. The minimum absolute atomic E-state index is 0.0103. The molecule has 0 aliphatic carbocycles. The molecule has 186 valence electrons. The second kappa shape index (κ2) is 10.2. The number of methoxy groups -OCH3 is 1. The number of amides is 1. The second-order valence-electron chi connectivity index (χ2n) is 6.90. The lowest BCUT2D eigenvalue weighted by atomic mass is 10.2. The molecule has 35 heavy (non-hydrogen) atoms. The zero-order valence-corrected chi connectivity index (χ0v) is 20.7. The number of rotatable bonds is 10. The van der Waals surface area contributed by atoms with Gasteiger partial charge >= 0.3 is 0 Å². The van der Waals surface area contributed by atoms with Gasteiger partial charge in [0.2, 0.25) is 15.9 Å². The van der Waals surface area contributed by atoms with Crippen LogP contribution < -0.4 is 19.1 Å². The fourth-order valence-corrected chi connectivity index (χ4v) is 5.50. The van der Waals surface area contributed by atoms with Gasteiger partial charge in [-0.25, -0.2) is 21.8 Å². The number of ether oxygens (including phenoxy) is 1. The molecular weight excluding hydrogens is 522 g/mol. The number of nitrogens with one attached hydrogen (secondary N) is 2. The highest BCUT2D eigenvalue weighted by Crippen LogP contribution is 2.33. The number of nitrogens with zero attached hydrogens (tertiary/aromatic N) is 3. The number of carbonyl (C=O) groups is 1. The summed E-state index contributed by atoms with van der Waals surface area (Å²) in [6, 6.07) is 8.51. The van der Waals surface area contributed by atoms with Gasteiger partial charge < -0.3 is 10.1 Å². The Labute approximate surface area is 204 Å². The van der Waals surface area contributed by atoms with Crippen molar-refractivity contribution in [2.24, 2.45) is 0 Å². The normalized spacial score (nSPS) is 11.5. The molecular formula is C19H19N5O8S3. The molecule has 0 unspecified atom stereocenters. The van der Waals surface area contributed by atoms with Crippen LogP contribution >= 0.6 is 11.3 Å². The highest BCUT2D eigenvalue weighted by Gasteiger charge is 2.26. The number of thiazole rings is 1. The summed E-state index contributed by atoms with van der Waals surface area (Å²) in [5, 5.41) is 15.4. The number of benzene rings is 2. The Bertz CT molecular complexity index is 1440. The van der Waals surface area contributed by atoms with Gasteiger partial charge in [-0.1, -0.05) is 0 Å². The van der Waals surface area contributed by atoms with E-state index >= 15 is 0 Å². The average Bonchev–Trinajstić information content (AvgIpc) is 3.29. The molecule has 0 spiro atoms. The number of sulfonamides is 2. The molecule has 0 fully saturated rings. The van der Waals surface area contributed by atoms with E-state index in [1.54, 1.807) is 5.38 Å². The summed E-state index contributed by atoms with van der Waals surface area (Å²) in [6.45, 7) is -0.720. The van der Waals surface area contributed by atoms with Crippen LogP contribution in [-0.2, 0) is 24.8 Å². The number of nitro groups is 1. The van der Waals surface area contributed by atoms with Crippen molar-refractivity contribution in [1.29, 1.82) is 0 Å². The summed E-state index contributed by atoms with van der Waals surface area (Å²) >= 11 is 1.11. The third kappa shape index (κ3) is 6.43. The molecule has 13 nitrogen and oxygen atoms in total. The van der Waals surface area contributed by atoms with Gasteiger partial charge in [-0.05, 0) is 30.3 Å². The number of nitro benzene ring substituents is 1. The van der Waals surface area contributed by atoms with E-state index < -0.39 is 43.1 Å². The predicted octanol–water partition coefficient (Wildman–Crippen LogP) is 2.27. The fourth-order valence-electron chi connectivity index (χ4n) is 2.86. The first-order valence-corrected chi connectivity index (χ1v) is 13.7. The van der Waals surface area contributed by atoms with Crippen molar-refractivity contribution in [1.82, 2.24) is 4.98 Å². The maximum atomic E-state index is 12.6. The van der Waals surface area contributed by atoms with E-state index in [9.17, 15) is 31.7 Å². The van der Waals surface area contributed by atoms with Gasteiger partial charge in [-0.15, -0.1) is 11.3 Å². The van der Waals surface area contributed by atoms with Crippen LogP contribution in [0.5, 0.6) is 5.75 Å². The van der Waals surface area contributed by atoms with Crippen molar-refractivity contribution < 1.29 is 31.3 Å². The first-order valence-electron chi connectivity index (χ1n) is 9.53. The maximum Gasteiger partial charge on any atom is 0.271 e. The molecule has 0 aliphatic rings. The van der Waals surface area contributed by atoms with Crippen LogP contribution in [0.3, 0.4) is 0 Å². The van der Waals surface area contributed by atoms with Crippen LogP contribution in [0, 0.1) is 10.1 Å². The van der Waals surface area contributed by atoms with Crippen molar-refractivity contribution >= 4 is 59.5 Å². The molecule has 3 rings (SSSR count). The molecule has 0 bridgehead atoms. The molecule has 2 N–H and O–H groups in total. The molecule has 0 aliphatic heterocycles. The number of non-ortho nitro benzene ring substituents is 1. The van der Waals surface area contributed by atoms with E-state index in [-0.39, 0.29) is 27.2 Å². The second-order valence-corrected chi connectivity index (χ2v) is 11.4. The van der Waals surface area contributed by atoms with Crippen LogP contribution in [0.1, 0.15) is 0 Å². The number of hydrogen-bond donors (Lipinski definition) is 2. The van der Waals surface area contributed by atoms with E-state index in [0.717, 1.165) is 29.7 Å². The van der Waals surface area contributed by atoms with Crippen molar-refractivity contribution in [3.8, 4) is 5.75 Å². The summed E-state index contributed by atoms with van der Waals surface area (Å²) in [6.07, 6.45) is 2.29. The molecule has 0 atom stereocenters. The van der Waals surface area contributed by atoms with Crippen LogP contribution in [0.2, 0.25) is 0 Å². The molecule has 16 heteroatoms. The van der Waals surface area contributed by atoms with E-state index in [0.29, 0.717) is 4.31 Å². The highest BCUT2D eigenvalue weighted by molar-refractivity contribution is 7.93. The first kappa shape index (κ1) is 25.9. The van der Waals surface area contributed by atoms with Gasteiger partial charge in [0, 0.05) is 29.4 Å². The van der Waals surface area contributed by atoms with Crippen molar-refractivity contribution in [2.45, 2.75) is 4.90 Å². The smallest absolute Gasteiger partial charge is 0.271 e. The summed E-state index contributed by atoms with van der Waals surface area (Å²) in [7, 11) is -6.69. The largest absolute Gasteiger partial charge is 0.495 e. The van der Waals surface area contributed by atoms with Gasteiger partial charge in [0.15, 0.2) is 5.13 Å². The van der Waals surface area contributed by atoms with Gasteiger partial charge in [0.25, 0.3) is 15.7 Å². The Balaban J connectivity index is 1.79. The molecule has 1 amide bonds. The molecule has 0 saturated heterocycles. The maximum absolute atomic E-state index is 12.6. The molecule has 0 radical (unpaired) electrons. The molecule has 2 aromatic carbocycles. The molecule has 0 saturated carbocycles. The zero-order valence-electron chi connectivity index (χ0n) is 18.2. The summed E-state index contributed by atoms with van der Waals surface area (Å²) in [5.74, 6) is -0.767. The molecule has 3 aromatic rings. The topological polar surface area (TPSA) is 178 Å². The molecule has 1 aromatic heterocycles. The monoisotopic (exact) mass is 541 g/mol. The highest BCUT2D eigenvalue weighted by atomic mass is 32.2. The quantitative estimate of drug-likeness (QED) is 0.288.